The normalized spacial score (nSPS) is 19.7. The van der Waals surface area contributed by atoms with Crippen molar-refractivity contribution in [2.45, 2.75) is 38.4 Å². The highest BCUT2D eigenvalue weighted by Crippen LogP contribution is 2.36. The van der Waals surface area contributed by atoms with Gasteiger partial charge in [0.25, 0.3) is 0 Å². The molecule has 0 amide bonds. The van der Waals surface area contributed by atoms with Crippen LogP contribution < -0.4 is 10.6 Å². The molecule has 1 heterocycles. The van der Waals surface area contributed by atoms with Gasteiger partial charge in [-0.15, -0.1) is 0 Å². The molecule has 1 atom stereocenters. The lowest BCUT2D eigenvalue weighted by atomic mass is 9.98. The zero-order valence-electron chi connectivity index (χ0n) is 11.8. The lowest BCUT2D eigenvalue weighted by Crippen LogP contribution is -2.48. The van der Waals surface area contributed by atoms with Crippen molar-refractivity contribution in [1.29, 1.82) is 0 Å². The van der Waals surface area contributed by atoms with Gasteiger partial charge in [-0.1, -0.05) is 6.58 Å². The zero-order valence-corrected chi connectivity index (χ0v) is 11.8. The zero-order chi connectivity index (χ0) is 15.8. The van der Waals surface area contributed by atoms with Gasteiger partial charge in [-0.25, -0.2) is 4.39 Å². The number of hydrogen-bond donors (Lipinski definition) is 1. The molecule has 1 aromatic carbocycles. The van der Waals surface area contributed by atoms with Gasteiger partial charge < -0.3 is 10.6 Å². The van der Waals surface area contributed by atoms with Crippen LogP contribution in [0.2, 0.25) is 0 Å². The van der Waals surface area contributed by atoms with E-state index in [1.165, 1.54) is 4.90 Å². The van der Waals surface area contributed by atoms with E-state index in [-0.39, 0.29) is 29.9 Å². The van der Waals surface area contributed by atoms with Crippen LogP contribution in [0.3, 0.4) is 0 Å². The second kappa shape index (κ2) is 5.58. The Morgan fingerprint density at radius 2 is 2.00 bits per heavy atom. The number of halogens is 4. The van der Waals surface area contributed by atoms with E-state index in [1.807, 2.05) is 0 Å². The minimum absolute atomic E-state index is 0.0372. The van der Waals surface area contributed by atoms with E-state index >= 15 is 0 Å². The topological polar surface area (TPSA) is 29.3 Å². The summed E-state index contributed by atoms with van der Waals surface area (Å²) in [6.45, 7) is 5.37. The number of aryl methyl sites for hydroxylation is 1. The van der Waals surface area contributed by atoms with E-state index in [0.29, 0.717) is 18.4 Å². The third kappa shape index (κ3) is 3.14. The minimum atomic E-state index is -4.32. The van der Waals surface area contributed by atoms with Gasteiger partial charge in [-0.2, -0.15) is 13.2 Å². The van der Waals surface area contributed by atoms with Gasteiger partial charge in [0.05, 0.1) is 0 Å². The third-order valence-electron chi connectivity index (χ3n) is 3.81. The van der Waals surface area contributed by atoms with Crippen LogP contribution in [0.15, 0.2) is 18.7 Å². The van der Waals surface area contributed by atoms with E-state index in [9.17, 15) is 17.6 Å². The Balaban J connectivity index is 2.43. The largest absolute Gasteiger partial charge is 0.408 e. The standard InChI is InChI=1S/C15H18F4N2/c1-9-7-11(8-12(16)14(9)10(2)20)21-6-4-3-5-13(21)15(17,18)19/h7-8,13H,2-6,20H2,1H3. The number of anilines is 1. The molecule has 1 aliphatic heterocycles. The van der Waals surface area contributed by atoms with Gasteiger partial charge in [0.1, 0.15) is 11.9 Å². The minimum Gasteiger partial charge on any atom is -0.399 e. The molecule has 2 rings (SSSR count). The van der Waals surface area contributed by atoms with Crippen LogP contribution in [0.25, 0.3) is 5.70 Å². The summed E-state index contributed by atoms with van der Waals surface area (Å²) < 4.78 is 53.4. The monoisotopic (exact) mass is 302 g/mol. The number of nitrogens with zero attached hydrogens (tertiary/aromatic N) is 1. The molecule has 2 N–H and O–H groups in total. The van der Waals surface area contributed by atoms with Crippen molar-refractivity contribution in [2.24, 2.45) is 5.73 Å². The van der Waals surface area contributed by atoms with Crippen LogP contribution in [-0.4, -0.2) is 18.8 Å². The Morgan fingerprint density at radius 3 is 2.52 bits per heavy atom. The smallest absolute Gasteiger partial charge is 0.399 e. The van der Waals surface area contributed by atoms with Gasteiger partial charge in [0.2, 0.25) is 0 Å². The maximum atomic E-state index is 14.1. The Bertz CT molecular complexity index is 528. The van der Waals surface area contributed by atoms with Crippen molar-refractivity contribution in [3.05, 3.63) is 35.7 Å². The molecule has 0 bridgehead atoms. The summed E-state index contributed by atoms with van der Waals surface area (Å²) in [4.78, 5) is 1.24. The molecule has 0 radical (unpaired) electrons. The second-order valence-electron chi connectivity index (χ2n) is 5.39. The maximum Gasteiger partial charge on any atom is 0.408 e. The number of piperidine rings is 1. The SMILES string of the molecule is C=C(N)c1c(C)cc(N2CCCCC2C(F)(F)F)cc1F. The highest BCUT2D eigenvalue weighted by atomic mass is 19.4. The average molecular weight is 302 g/mol. The van der Waals surface area contributed by atoms with Crippen LogP contribution >= 0.6 is 0 Å². The Kier molecular flexibility index (Phi) is 4.16. The van der Waals surface area contributed by atoms with E-state index in [4.69, 9.17) is 5.73 Å². The van der Waals surface area contributed by atoms with E-state index in [0.717, 1.165) is 6.07 Å². The molecule has 0 spiro atoms. The van der Waals surface area contributed by atoms with Crippen molar-refractivity contribution in [3.8, 4) is 0 Å². The Morgan fingerprint density at radius 1 is 1.33 bits per heavy atom. The van der Waals surface area contributed by atoms with E-state index in [1.54, 1.807) is 13.0 Å². The Labute approximate surface area is 121 Å². The van der Waals surface area contributed by atoms with Gasteiger partial charge in [0.15, 0.2) is 0 Å². The second-order valence-corrected chi connectivity index (χ2v) is 5.39. The van der Waals surface area contributed by atoms with Crippen molar-refractivity contribution in [2.75, 3.05) is 11.4 Å². The van der Waals surface area contributed by atoms with Crippen LogP contribution in [-0.2, 0) is 0 Å². The molecular formula is C15H18F4N2. The summed E-state index contributed by atoms with van der Waals surface area (Å²) in [5.74, 6) is -0.635. The first-order chi connectivity index (χ1) is 9.71. The maximum absolute atomic E-state index is 14.1. The van der Waals surface area contributed by atoms with Crippen LogP contribution in [0.5, 0.6) is 0 Å². The molecular weight excluding hydrogens is 284 g/mol. The number of hydrogen-bond acceptors (Lipinski definition) is 2. The lowest BCUT2D eigenvalue weighted by Gasteiger charge is -2.38. The molecule has 0 aliphatic carbocycles. The van der Waals surface area contributed by atoms with Gasteiger partial charge in [-0.05, 0) is 43.9 Å². The number of alkyl halides is 3. The Hall–Kier alpha value is -1.72. The van der Waals surface area contributed by atoms with Gasteiger partial charge in [-0.3, -0.25) is 0 Å². The predicted molar refractivity (Wildman–Crippen MR) is 75.4 cm³/mol. The predicted octanol–water partition coefficient (Wildman–Crippen LogP) is 3.98. The van der Waals surface area contributed by atoms with Crippen molar-refractivity contribution < 1.29 is 17.6 Å². The molecule has 0 saturated carbocycles. The molecule has 21 heavy (non-hydrogen) atoms. The number of rotatable bonds is 2. The number of nitrogens with two attached hydrogens (primary N) is 1. The molecule has 2 nitrogen and oxygen atoms in total. The van der Waals surface area contributed by atoms with Crippen molar-refractivity contribution in [3.63, 3.8) is 0 Å². The summed E-state index contributed by atoms with van der Waals surface area (Å²) in [5, 5.41) is 0. The van der Waals surface area contributed by atoms with E-state index < -0.39 is 18.0 Å². The third-order valence-corrected chi connectivity index (χ3v) is 3.81. The highest BCUT2D eigenvalue weighted by molar-refractivity contribution is 5.67. The van der Waals surface area contributed by atoms with E-state index in [2.05, 4.69) is 6.58 Å². The number of benzene rings is 1. The molecule has 1 unspecified atom stereocenters. The summed E-state index contributed by atoms with van der Waals surface area (Å²) in [6.07, 6.45) is -3.09. The average Bonchev–Trinajstić information content (AvgIpc) is 2.36. The molecule has 1 fully saturated rings. The molecule has 1 saturated heterocycles. The molecule has 1 aliphatic rings. The molecule has 0 aromatic heterocycles. The first-order valence-corrected chi connectivity index (χ1v) is 6.80. The molecule has 116 valence electrons. The molecule has 1 aromatic rings. The van der Waals surface area contributed by atoms with Crippen LogP contribution in [0, 0.1) is 12.7 Å². The van der Waals surface area contributed by atoms with Crippen molar-refractivity contribution >= 4 is 11.4 Å². The van der Waals surface area contributed by atoms with Gasteiger partial charge >= 0.3 is 6.18 Å². The summed E-state index contributed by atoms with van der Waals surface area (Å²) in [7, 11) is 0. The fourth-order valence-electron chi connectivity index (χ4n) is 2.88. The summed E-state index contributed by atoms with van der Waals surface area (Å²) in [6, 6.07) is 1.10. The summed E-state index contributed by atoms with van der Waals surface area (Å²) >= 11 is 0. The van der Waals surface area contributed by atoms with Crippen LogP contribution in [0.4, 0.5) is 23.2 Å². The van der Waals surface area contributed by atoms with Crippen molar-refractivity contribution in [1.82, 2.24) is 0 Å². The fraction of sp³-hybridized carbons (Fsp3) is 0.467. The highest BCUT2D eigenvalue weighted by Gasteiger charge is 2.44. The summed E-state index contributed by atoms with van der Waals surface area (Å²) in [5.41, 5.74) is 6.49. The first kappa shape index (κ1) is 15.7. The first-order valence-electron chi connectivity index (χ1n) is 6.80. The van der Waals surface area contributed by atoms with Gasteiger partial charge in [0, 0.05) is 23.5 Å². The fourth-order valence-corrected chi connectivity index (χ4v) is 2.88. The quantitative estimate of drug-likeness (QED) is 0.837. The molecule has 6 heteroatoms. The van der Waals surface area contributed by atoms with Crippen LogP contribution in [0.1, 0.15) is 30.4 Å². The lowest BCUT2D eigenvalue weighted by molar-refractivity contribution is -0.152.